The number of amides is 4. The summed E-state index contributed by atoms with van der Waals surface area (Å²) in [5, 5.41) is 14.7. The number of halogens is 1. The van der Waals surface area contributed by atoms with Crippen LogP contribution in [0.25, 0.3) is 0 Å². The Bertz CT molecular complexity index is 2880. The van der Waals surface area contributed by atoms with E-state index in [1.807, 2.05) is 24.3 Å². The molecule has 3 fully saturated rings. The number of rotatable bonds is 21. The lowest BCUT2D eigenvalue weighted by Crippen LogP contribution is -2.59. The summed E-state index contributed by atoms with van der Waals surface area (Å²) < 4.78 is 32.9. The Kier molecular flexibility index (Phi) is 16.9. The zero-order valence-corrected chi connectivity index (χ0v) is 44.0. The van der Waals surface area contributed by atoms with Crippen molar-refractivity contribution in [1.82, 2.24) is 25.2 Å². The number of carbonyl (C=O) groups is 6. The first-order valence-corrected chi connectivity index (χ1v) is 25.0. The molecule has 21 nitrogen and oxygen atoms in total. The summed E-state index contributed by atoms with van der Waals surface area (Å²) in [5.41, 5.74) is 1.59. The van der Waals surface area contributed by atoms with Gasteiger partial charge in [0.1, 0.15) is 36.0 Å². The van der Waals surface area contributed by atoms with Crippen LogP contribution in [0.4, 0.5) is 4.79 Å². The third-order valence-corrected chi connectivity index (χ3v) is 14.4. The van der Waals surface area contributed by atoms with Gasteiger partial charge in [-0.3, -0.25) is 24.1 Å². The highest BCUT2D eigenvalue weighted by molar-refractivity contribution is 8.02. The maximum absolute atomic E-state index is 14.0. The molecule has 4 heterocycles. The van der Waals surface area contributed by atoms with Crippen LogP contribution in [0.5, 0.6) is 23.0 Å². The number of aromatic nitrogens is 1. The zero-order chi connectivity index (χ0) is 53.5. The minimum atomic E-state index is -1.80. The molecule has 4 aromatic rings. The lowest BCUT2D eigenvalue weighted by Gasteiger charge is -2.40. The number of carbonyl (C=O) groups excluding carboxylic acids is 6. The van der Waals surface area contributed by atoms with Crippen molar-refractivity contribution in [3.05, 3.63) is 98.5 Å². The van der Waals surface area contributed by atoms with Gasteiger partial charge in [-0.15, -0.1) is 11.3 Å². The highest BCUT2D eigenvalue weighted by Crippen LogP contribution is 2.53. The molecule has 1 N–H and O–H groups in total. The minimum Gasteiger partial charge on any atom is -0.541 e. The molecular weight excluding hydrogens is 1020 g/mol. The van der Waals surface area contributed by atoms with E-state index in [4.69, 9.17) is 52.8 Å². The third kappa shape index (κ3) is 12.2. The van der Waals surface area contributed by atoms with E-state index in [1.165, 1.54) is 41.1 Å². The number of thioether (sulfide) groups is 1. The van der Waals surface area contributed by atoms with E-state index in [9.17, 15) is 28.8 Å². The number of urea groups is 1. The first-order valence-electron chi connectivity index (χ1n) is 22.8. The van der Waals surface area contributed by atoms with Gasteiger partial charge in [0.25, 0.3) is 5.91 Å². The second-order valence-corrected chi connectivity index (χ2v) is 21.1. The molecule has 3 aliphatic rings. The monoisotopic (exact) mass is 1070 g/mol. The van der Waals surface area contributed by atoms with Gasteiger partial charge in [0.15, 0.2) is 23.0 Å². The molecule has 3 saturated heterocycles. The topological polar surface area (TPSA) is 239 Å². The molecule has 0 spiro atoms. The van der Waals surface area contributed by atoms with Crippen LogP contribution < -0.4 is 24.4 Å². The Hall–Kier alpha value is -7.18. The normalized spacial score (nSPS) is 18.8. The Labute approximate surface area is 440 Å². The number of ether oxygens (including phenoxy) is 5. The van der Waals surface area contributed by atoms with Gasteiger partial charge < -0.3 is 38.1 Å². The van der Waals surface area contributed by atoms with Gasteiger partial charge in [-0.1, -0.05) is 52.8 Å². The SMILES string of the molecule is [B]OC(=O)[C@@]1(N2CCN(/N=C/C=N/NC(=O)c3ccc(OCc4ccc(OC)cc4)c(OCc4ccc(OC)cc4)c3Cl)C2=O)CN2C(=O)[C@@H](CC(=O)/C(=N\OC(C)(C)C(=O)OC(C)(C)C)c3csc(C)n3)[C@H]2S1. The predicted molar refractivity (Wildman–Crippen MR) is 275 cm³/mol. The number of hydrogen-bond acceptors (Lipinski definition) is 19. The fourth-order valence-corrected chi connectivity index (χ4v) is 10.3. The molecule has 0 saturated carbocycles. The van der Waals surface area contributed by atoms with Crippen LogP contribution in [0.2, 0.25) is 5.02 Å². The molecule has 0 unspecified atom stereocenters. The highest BCUT2D eigenvalue weighted by Gasteiger charge is 2.66. The van der Waals surface area contributed by atoms with Gasteiger partial charge in [-0.2, -0.15) is 10.2 Å². The van der Waals surface area contributed by atoms with Crippen molar-refractivity contribution in [2.24, 2.45) is 21.3 Å². The maximum Gasteiger partial charge on any atom is 0.378 e. The molecule has 74 heavy (non-hydrogen) atoms. The van der Waals surface area contributed by atoms with Crippen LogP contribution in [0.15, 0.2) is 81.4 Å². The Morgan fingerprint density at radius 3 is 2.16 bits per heavy atom. The van der Waals surface area contributed by atoms with Gasteiger partial charge in [-0.05, 0) is 89.1 Å². The predicted octanol–water partition coefficient (Wildman–Crippen LogP) is 6.07. The van der Waals surface area contributed by atoms with E-state index in [0.29, 0.717) is 16.5 Å². The number of aryl methyl sites for hydroxylation is 1. The molecule has 3 aliphatic heterocycles. The number of hydrogen-bond donors (Lipinski definition) is 1. The summed E-state index contributed by atoms with van der Waals surface area (Å²) in [5.74, 6) is -2.68. The number of benzene rings is 3. The minimum absolute atomic E-state index is 0.00451. The standard InChI is InChI=1S/C49H52BClN8O13S2/c1-28-54-35(26-73-28)39(56-72-48(5,6)44(63)70-47(2,3)4)36(60)23-34-42(62)57-27-49(45(64)71-50,74-43(34)57)58-21-22-59(46(58)65)53-20-19-52-55-41(61)33-17-18-37(68-24-29-9-13-31(66-7)14-10-29)40(38(33)51)69-25-30-11-15-32(67-8)16-12-30/h9-20,26,34,43H,21-25,27H2,1-8H3,(H,55,61)/b52-19+,53-20+,56-39-/t34-,43-,49-/m1/s1. The number of thiazole rings is 1. The van der Waals surface area contributed by atoms with Crippen molar-refractivity contribution in [3.63, 3.8) is 0 Å². The maximum atomic E-state index is 14.0. The van der Waals surface area contributed by atoms with Crippen molar-refractivity contribution in [2.45, 2.75) is 82.6 Å². The molecule has 1 aromatic heterocycles. The molecule has 3 atom stereocenters. The second kappa shape index (κ2) is 22.9. The molecule has 3 aromatic carbocycles. The fraction of sp³-hybridized carbons (Fsp3) is 0.388. The van der Waals surface area contributed by atoms with Crippen LogP contribution >= 0.6 is 34.7 Å². The molecule has 7 rings (SSSR count). The molecule has 25 heteroatoms. The number of oxime groups is 1. The van der Waals surface area contributed by atoms with Crippen molar-refractivity contribution in [2.75, 3.05) is 33.9 Å². The number of Topliss-reactive ketones (excluding diaryl/α,β-unsaturated/α-hetero) is 1. The van der Waals surface area contributed by atoms with Crippen LogP contribution in [-0.2, 0) is 46.6 Å². The number of ketones is 1. The molecule has 0 bridgehead atoms. The van der Waals surface area contributed by atoms with Gasteiger partial charge in [0.2, 0.25) is 16.4 Å². The van der Waals surface area contributed by atoms with Gasteiger partial charge in [0.05, 0.1) is 66.6 Å². The average Bonchev–Trinajstić information content (AvgIpc) is 4.09. The number of hydrazone groups is 2. The summed E-state index contributed by atoms with van der Waals surface area (Å²) in [7, 11) is 8.56. The van der Waals surface area contributed by atoms with Crippen molar-refractivity contribution < 1.29 is 61.9 Å². The number of β-lactam (4-membered cyclic amide) rings is 1. The van der Waals surface area contributed by atoms with Crippen LogP contribution in [0.3, 0.4) is 0 Å². The summed E-state index contributed by atoms with van der Waals surface area (Å²) in [4.78, 5) is 92.1. The number of esters is 1. The summed E-state index contributed by atoms with van der Waals surface area (Å²) >= 11 is 9.01. The van der Waals surface area contributed by atoms with Gasteiger partial charge in [0, 0.05) is 18.3 Å². The Balaban J connectivity index is 0.993. The lowest BCUT2D eigenvalue weighted by molar-refractivity contribution is -0.179. The lowest BCUT2D eigenvalue weighted by atomic mass is 9.90. The van der Waals surface area contributed by atoms with Gasteiger partial charge >= 0.3 is 26.0 Å². The van der Waals surface area contributed by atoms with E-state index in [-0.39, 0.29) is 72.8 Å². The van der Waals surface area contributed by atoms with E-state index in [1.54, 1.807) is 77.6 Å². The number of nitrogens with zero attached hydrogens (tertiary/aromatic N) is 7. The Morgan fingerprint density at radius 1 is 0.919 bits per heavy atom. The smallest absolute Gasteiger partial charge is 0.378 e. The fourth-order valence-electron chi connectivity index (χ4n) is 7.63. The van der Waals surface area contributed by atoms with E-state index < -0.39 is 62.9 Å². The van der Waals surface area contributed by atoms with Crippen LogP contribution in [0, 0.1) is 12.8 Å². The summed E-state index contributed by atoms with van der Waals surface area (Å²) in [6, 6.07) is 16.8. The molecule has 0 aliphatic carbocycles. The van der Waals surface area contributed by atoms with Crippen molar-refractivity contribution >= 4 is 96.5 Å². The first-order chi connectivity index (χ1) is 35.2. The number of nitrogens with one attached hydrogen (secondary N) is 1. The highest BCUT2D eigenvalue weighted by atomic mass is 35.5. The second-order valence-electron chi connectivity index (χ2n) is 18.3. The number of fused-ring (bicyclic) bond motifs is 1. The molecule has 4 amide bonds. The third-order valence-electron chi connectivity index (χ3n) is 11.5. The van der Waals surface area contributed by atoms with Crippen molar-refractivity contribution in [1.29, 1.82) is 0 Å². The largest absolute Gasteiger partial charge is 0.541 e. The van der Waals surface area contributed by atoms with E-state index in [0.717, 1.165) is 40.3 Å². The van der Waals surface area contributed by atoms with Crippen LogP contribution in [-0.4, -0.2) is 137 Å². The average molecular weight is 1070 g/mol. The molecule has 2 radical (unpaired) electrons. The first kappa shape index (κ1) is 54.6. The molecule has 388 valence electrons. The van der Waals surface area contributed by atoms with Crippen LogP contribution in [0.1, 0.15) is 73.2 Å². The van der Waals surface area contributed by atoms with Crippen molar-refractivity contribution in [3.8, 4) is 23.0 Å². The quantitative estimate of drug-likeness (QED) is 0.0327. The summed E-state index contributed by atoms with van der Waals surface area (Å²) in [6.45, 7) is 9.65. The summed E-state index contributed by atoms with van der Waals surface area (Å²) in [6.07, 6.45) is 1.91. The van der Waals surface area contributed by atoms with Gasteiger partial charge in [-0.25, -0.2) is 25.0 Å². The Morgan fingerprint density at radius 2 is 1.57 bits per heavy atom. The van der Waals surface area contributed by atoms with E-state index in [2.05, 4.69) is 25.8 Å². The zero-order valence-electron chi connectivity index (χ0n) is 41.6. The molecular formula is C49H52BClN8O13S2. The van der Waals surface area contributed by atoms with E-state index >= 15 is 0 Å². The number of methoxy groups -OCH3 is 2.